The summed E-state index contributed by atoms with van der Waals surface area (Å²) in [5.41, 5.74) is 0. The number of hydrogen-bond donors (Lipinski definition) is 0. The van der Waals surface area contributed by atoms with Crippen LogP contribution in [0.5, 0.6) is 0 Å². The van der Waals surface area contributed by atoms with Gasteiger partial charge in [-0.1, -0.05) is 39.8 Å². The van der Waals surface area contributed by atoms with Gasteiger partial charge in [-0.05, 0) is 50.4 Å². The number of esters is 2. The fraction of sp³-hybridized carbons (Fsp3) is 0.700. The van der Waals surface area contributed by atoms with Crippen molar-refractivity contribution in [3.05, 3.63) is 25.3 Å². The third kappa shape index (κ3) is 9.37. The Morgan fingerprint density at radius 1 is 0.957 bits per heavy atom. The molecule has 0 bridgehead atoms. The molecule has 0 N–H and O–H groups in total. The summed E-state index contributed by atoms with van der Waals surface area (Å²) >= 11 is 0. The minimum atomic E-state index is -0.398. The van der Waals surface area contributed by atoms with Crippen molar-refractivity contribution in [3.8, 4) is 0 Å². The van der Waals surface area contributed by atoms with Crippen molar-refractivity contribution in [1.82, 2.24) is 0 Å². The Labute approximate surface area is 142 Å². The van der Waals surface area contributed by atoms with Gasteiger partial charge in [0.05, 0.1) is 11.8 Å². The zero-order valence-electron chi connectivity index (χ0n) is 15.3. The third-order valence-electron chi connectivity index (χ3n) is 4.52. The average Bonchev–Trinajstić information content (AvgIpc) is 2.51. The zero-order chi connectivity index (χ0) is 17.8. The highest BCUT2D eigenvalue weighted by molar-refractivity contribution is 5.87. The van der Waals surface area contributed by atoms with Crippen LogP contribution in [0.25, 0.3) is 0 Å². The summed E-state index contributed by atoms with van der Waals surface area (Å²) in [6.45, 7) is 15.2. The van der Waals surface area contributed by atoms with Crippen LogP contribution in [0.3, 0.4) is 0 Å². The van der Waals surface area contributed by atoms with Crippen LogP contribution >= 0.6 is 0 Å². The third-order valence-corrected chi connectivity index (χ3v) is 4.52. The fourth-order valence-corrected chi connectivity index (χ4v) is 2.58. The SMILES string of the molecule is C=CCCCC(C)C(C)C(=O)OC(=O)C(C)CC(C)CCC=C. The van der Waals surface area contributed by atoms with Gasteiger partial charge >= 0.3 is 11.9 Å². The predicted molar refractivity (Wildman–Crippen MR) is 95.9 cm³/mol. The van der Waals surface area contributed by atoms with Gasteiger partial charge in [-0.2, -0.15) is 0 Å². The normalized spacial score (nSPS) is 16.0. The summed E-state index contributed by atoms with van der Waals surface area (Å²) in [5, 5.41) is 0. The summed E-state index contributed by atoms with van der Waals surface area (Å²) in [7, 11) is 0. The van der Waals surface area contributed by atoms with Crippen LogP contribution in [-0.2, 0) is 14.3 Å². The molecule has 0 fully saturated rings. The average molecular weight is 322 g/mol. The molecule has 0 aliphatic heterocycles. The van der Waals surface area contributed by atoms with Gasteiger partial charge < -0.3 is 4.74 Å². The number of carbonyl (C=O) groups excluding carboxylic acids is 2. The molecule has 3 nitrogen and oxygen atoms in total. The summed E-state index contributed by atoms with van der Waals surface area (Å²) in [5.74, 6) is -0.675. The van der Waals surface area contributed by atoms with E-state index in [0.717, 1.165) is 38.5 Å². The molecule has 0 saturated heterocycles. The van der Waals surface area contributed by atoms with Crippen molar-refractivity contribution < 1.29 is 14.3 Å². The first-order chi connectivity index (χ1) is 10.8. The van der Waals surface area contributed by atoms with E-state index in [1.165, 1.54) is 0 Å². The quantitative estimate of drug-likeness (QED) is 0.211. The molecule has 0 amide bonds. The van der Waals surface area contributed by atoms with Crippen LogP contribution in [0.2, 0.25) is 0 Å². The van der Waals surface area contributed by atoms with Crippen molar-refractivity contribution >= 4 is 11.9 Å². The molecular formula is C20H34O3. The molecule has 0 aromatic rings. The molecule has 0 spiro atoms. The number of hydrogen-bond acceptors (Lipinski definition) is 3. The number of rotatable bonds is 12. The van der Waals surface area contributed by atoms with E-state index in [4.69, 9.17) is 4.74 Å². The van der Waals surface area contributed by atoms with E-state index in [-0.39, 0.29) is 17.8 Å². The molecule has 0 rings (SSSR count). The Morgan fingerprint density at radius 3 is 2.13 bits per heavy atom. The lowest BCUT2D eigenvalue weighted by molar-refractivity contribution is -0.166. The van der Waals surface area contributed by atoms with Crippen LogP contribution in [-0.4, -0.2) is 11.9 Å². The van der Waals surface area contributed by atoms with E-state index in [2.05, 4.69) is 20.1 Å². The van der Waals surface area contributed by atoms with E-state index in [1.807, 2.05) is 32.9 Å². The molecule has 23 heavy (non-hydrogen) atoms. The lowest BCUT2D eigenvalue weighted by Crippen LogP contribution is -2.27. The van der Waals surface area contributed by atoms with E-state index < -0.39 is 11.9 Å². The first kappa shape index (κ1) is 21.6. The summed E-state index contributed by atoms with van der Waals surface area (Å²) in [4.78, 5) is 24.2. The Bertz CT molecular complexity index is 386. The lowest BCUT2D eigenvalue weighted by Gasteiger charge is -2.20. The smallest absolute Gasteiger partial charge is 0.316 e. The fourth-order valence-electron chi connectivity index (χ4n) is 2.58. The Kier molecular flexibility index (Phi) is 11.4. The van der Waals surface area contributed by atoms with Gasteiger partial charge in [0.2, 0.25) is 0 Å². The van der Waals surface area contributed by atoms with Crippen molar-refractivity contribution in [3.63, 3.8) is 0 Å². The van der Waals surface area contributed by atoms with Crippen LogP contribution < -0.4 is 0 Å². The number of carbonyl (C=O) groups is 2. The van der Waals surface area contributed by atoms with E-state index in [0.29, 0.717) is 5.92 Å². The van der Waals surface area contributed by atoms with Crippen molar-refractivity contribution in [2.24, 2.45) is 23.7 Å². The molecule has 4 unspecified atom stereocenters. The zero-order valence-corrected chi connectivity index (χ0v) is 15.3. The van der Waals surface area contributed by atoms with Gasteiger partial charge in [0.25, 0.3) is 0 Å². The van der Waals surface area contributed by atoms with Crippen molar-refractivity contribution in [2.75, 3.05) is 0 Å². The van der Waals surface area contributed by atoms with Crippen molar-refractivity contribution in [2.45, 2.75) is 66.2 Å². The van der Waals surface area contributed by atoms with Gasteiger partial charge in [-0.25, -0.2) is 0 Å². The minimum Gasteiger partial charge on any atom is -0.393 e. The molecule has 3 heteroatoms. The molecule has 0 radical (unpaired) electrons. The number of allylic oxidation sites excluding steroid dienone is 2. The molecule has 0 saturated carbocycles. The maximum atomic E-state index is 12.1. The van der Waals surface area contributed by atoms with Crippen LogP contribution in [0.15, 0.2) is 25.3 Å². The largest absolute Gasteiger partial charge is 0.393 e. The van der Waals surface area contributed by atoms with Crippen LogP contribution in [0.4, 0.5) is 0 Å². The van der Waals surface area contributed by atoms with E-state index in [1.54, 1.807) is 0 Å². The van der Waals surface area contributed by atoms with E-state index in [9.17, 15) is 9.59 Å². The maximum Gasteiger partial charge on any atom is 0.316 e. The topological polar surface area (TPSA) is 43.4 Å². The van der Waals surface area contributed by atoms with Gasteiger partial charge in [-0.15, -0.1) is 13.2 Å². The van der Waals surface area contributed by atoms with E-state index >= 15 is 0 Å². The Hall–Kier alpha value is -1.38. The molecule has 0 aromatic carbocycles. The van der Waals surface area contributed by atoms with Gasteiger partial charge in [0.1, 0.15) is 0 Å². The maximum absolute atomic E-state index is 12.1. The van der Waals surface area contributed by atoms with Gasteiger partial charge in [0.15, 0.2) is 0 Å². The molecule has 0 aliphatic carbocycles. The van der Waals surface area contributed by atoms with Crippen LogP contribution in [0, 0.1) is 23.7 Å². The first-order valence-corrected chi connectivity index (χ1v) is 8.80. The Balaban J connectivity index is 4.27. The predicted octanol–water partition coefficient (Wildman–Crippen LogP) is 5.31. The summed E-state index contributed by atoms with van der Waals surface area (Å²) < 4.78 is 5.09. The standard InChI is InChI=1S/C20H34O3/c1-7-9-11-13-16(4)18(6)20(22)23-19(21)17(5)14-15(3)12-10-8-2/h7-8,15-18H,1-2,9-14H2,3-6H3. The highest BCUT2D eigenvalue weighted by Gasteiger charge is 2.26. The minimum absolute atomic E-state index is 0.206. The summed E-state index contributed by atoms with van der Waals surface area (Å²) in [6, 6.07) is 0. The second kappa shape index (κ2) is 12.1. The molecule has 0 heterocycles. The monoisotopic (exact) mass is 322 g/mol. The van der Waals surface area contributed by atoms with Crippen LogP contribution in [0.1, 0.15) is 66.2 Å². The first-order valence-electron chi connectivity index (χ1n) is 8.80. The molecule has 0 aliphatic rings. The Morgan fingerprint density at radius 2 is 1.57 bits per heavy atom. The highest BCUT2D eigenvalue weighted by atomic mass is 16.6. The molecule has 4 atom stereocenters. The van der Waals surface area contributed by atoms with Crippen molar-refractivity contribution in [1.29, 1.82) is 0 Å². The second-order valence-electron chi connectivity index (χ2n) is 6.83. The summed E-state index contributed by atoms with van der Waals surface area (Å²) in [6.07, 6.45) is 9.35. The molecular weight excluding hydrogens is 288 g/mol. The second-order valence-corrected chi connectivity index (χ2v) is 6.83. The number of unbranched alkanes of at least 4 members (excludes halogenated alkanes) is 1. The highest BCUT2D eigenvalue weighted by Crippen LogP contribution is 2.22. The lowest BCUT2D eigenvalue weighted by atomic mass is 9.91. The van der Waals surface area contributed by atoms with Gasteiger partial charge in [-0.3, -0.25) is 9.59 Å². The number of ether oxygens (including phenoxy) is 1. The molecule has 132 valence electrons. The molecule has 0 aromatic heterocycles. The van der Waals surface area contributed by atoms with Gasteiger partial charge in [0, 0.05) is 0 Å².